The third-order valence-electron chi connectivity index (χ3n) is 3.62. The quantitative estimate of drug-likeness (QED) is 0.626. The number of aryl methyl sites for hydroxylation is 2. The lowest BCUT2D eigenvalue weighted by Gasteiger charge is -2.17. The van der Waals surface area contributed by atoms with Crippen LogP contribution in [0.4, 0.5) is 11.4 Å². The topological polar surface area (TPSA) is 63.4 Å². The van der Waals surface area contributed by atoms with Gasteiger partial charge in [-0.25, -0.2) is 0 Å². The molecular formula is C16H14N2O3. The van der Waals surface area contributed by atoms with Crippen molar-refractivity contribution in [3.63, 3.8) is 0 Å². The van der Waals surface area contributed by atoms with Crippen LogP contribution in [0.2, 0.25) is 0 Å². The smallest absolute Gasteiger partial charge is 0.269 e. The average molecular weight is 282 g/mol. The number of anilines is 1. The van der Waals surface area contributed by atoms with E-state index in [1.165, 1.54) is 12.1 Å². The van der Waals surface area contributed by atoms with E-state index in [-0.39, 0.29) is 11.6 Å². The summed E-state index contributed by atoms with van der Waals surface area (Å²) in [6, 6.07) is 10.3. The van der Waals surface area contributed by atoms with E-state index in [0.29, 0.717) is 17.7 Å². The van der Waals surface area contributed by atoms with Crippen LogP contribution >= 0.6 is 0 Å². The van der Waals surface area contributed by atoms with Crippen molar-refractivity contribution >= 4 is 17.3 Å². The summed E-state index contributed by atoms with van der Waals surface area (Å²) in [5.41, 5.74) is 4.26. The van der Waals surface area contributed by atoms with Crippen LogP contribution in [0.1, 0.15) is 27.0 Å². The highest BCUT2D eigenvalue weighted by Gasteiger charge is 2.30. The number of rotatable bonds is 2. The summed E-state index contributed by atoms with van der Waals surface area (Å²) in [5.74, 6) is -0.107. The van der Waals surface area contributed by atoms with Gasteiger partial charge in [-0.1, -0.05) is 6.07 Å². The van der Waals surface area contributed by atoms with Gasteiger partial charge in [0.1, 0.15) is 0 Å². The zero-order chi connectivity index (χ0) is 15.1. The Kier molecular flexibility index (Phi) is 2.97. The predicted octanol–water partition coefficient (Wildman–Crippen LogP) is 3.37. The molecular weight excluding hydrogens is 268 g/mol. The first-order valence-corrected chi connectivity index (χ1v) is 6.63. The van der Waals surface area contributed by atoms with E-state index in [4.69, 9.17) is 0 Å². The number of hydrogen-bond donors (Lipinski definition) is 0. The molecule has 0 saturated heterocycles. The number of amides is 1. The lowest BCUT2D eigenvalue weighted by atomic mass is 10.1. The molecule has 0 saturated carbocycles. The van der Waals surface area contributed by atoms with Gasteiger partial charge < -0.3 is 4.90 Å². The lowest BCUT2D eigenvalue weighted by Crippen LogP contribution is -2.23. The molecule has 5 heteroatoms. The van der Waals surface area contributed by atoms with E-state index in [2.05, 4.69) is 0 Å². The molecule has 0 radical (unpaired) electrons. The van der Waals surface area contributed by atoms with Crippen LogP contribution in [0.5, 0.6) is 0 Å². The molecule has 3 rings (SSSR count). The molecule has 0 unspecified atom stereocenters. The Morgan fingerprint density at radius 2 is 1.76 bits per heavy atom. The van der Waals surface area contributed by atoms with Gasteiger partial charge in [-0.15, -0.1) is 0 Å². The second-order valence-corrected chi connectivity index (χ2v) is 5.34. The summed E-state index contributed by atoms with van der Waals surface area (Å²) in [7, 11) is 0. The van der Waals surface area contributed by atoms with Gasteiger partial charge in [0.2, 0.25) is 0 Å². The Morgan fingerprint density at radius 1 is 1.10 bits per heavy atom. The van der Waals surface area contributed by atoms with Gasteiger partial charge in [0.15, 0.2) is 0 Å². The molecule has 0 fully saturated rings. The highest BCUT2D eigenvalue weighted by molar-refractivity contribution is 6.10. The maximum absolute atomic E-state index is 12.5. The van der Waals surface area contributed by atoms with Crippen LogP contribution in [0.15, 0.2) is 36.4 Å². The molecule has 106 valence electrons. The van der Waals surface area contributed by atoms with Crippen molar-refractivity contribution in [1.29, 1.82) is 0 Å². The summed E-state index contributed by atoms with van der Waals surface area (Å²) < 4.78 is 0. The van der Waals surface area contributed by atoms with E-state index >= 15 is 0 Å². The number of fused-ring (bicyclic) bond motifs is 1. The van der Waals surface area contributed by atoms with Crippen LogP contribution < -0.4 is 4.90 Å². The summed E-state index contributed by atoms with van der Waals surface area (Å²) >= 11 is 0. The number of non-ortho nitro benzene ring substituents is 1. The van der Waals surface area contributed by atoms with Crippen molar-refractivity contribution in [2.75, 3.05) is 4.90 Å². The molecule has 2 aromatic rings. The highest BCUT2D eigenvalue weighted by atomic mass is 16.6. The van der Waals surface area contributed by atoms with Crippen molar-refractivity contribution in [3.8, 4) is 0 Å². The van der Waals surface area contributed by atoms with Gasteiger partial charge in [0.25, 0.3) is 11.6 Å². The number of benzene rings is 2. The largest absolute Gasteiger partial charge is 0.304 e. The predicted molar refractivity (Wildman–Crippen MR) is 79.5 cm³/mol. The van der Waals surface area contributed by atoms with Crippen molar-refractivity contribution in [1.82, 2.24) is 0 Å². The van der Waals surface area contributed by atoms with Gasteiger partial charge in [-0.05, 0) is 48.7 Å². The monoisotopic (exact) mass is 282 g/mol. The van der Waals surface area contributed by atoms with Crippen LogP contribution in [0.3, 0.4) is 0 Å². The highest BCUT2D eigenvalue weighted by Crippen LogP contribution is 2.31. The number of nitro groups is 1. The minimum Gasteiger partial charge on any atom is -0.304 e. The molecule has 1 heterocycles. The lowest BCUT2D eigenvalue weighted by molar-refractivity contribution is -0.384. The first-order chi connectivity index (χ1) is 9.95. The summed E-state index contributed by atoms with van der Waals surface area (Å²) in [6.45, 7) is 4.34. The average Bonchev–Trinajstić information content (AvgIpc) is 2.74. The molecule has 21 heavy (non-hydrogen) atoms. The maximum atomic E-state index is 12.5. The summed E-state index contributed by atoms with van der Waals surface area (Å²) in [5, 5.41) is 10.8. The van der Waals surface area contributed by atoms with Gasteiger partial charge in [-0.3, -0.25) is 14.9 Å². The van der Waals surface area contributed by atoms with Gasteiger partial charge in [-0.2, -0.15) is 0 Å². The second kappa shape index (κ2) is 4.70. The zero-order valence-electron chi connectivity index (χ0n) is 11.8. The molecule has 1 aliphatic heterocycles. The number of carbonyl (C=O) groups excluding carboxylic acids is 1. The third-order valence-corrected chi connectivity index (χ3v) is 3.62. The van der Waals surface area contributed by atoms with Gasteiger partial charge >= 0.3 is 0 Å². The van der Waals surface area contributed by atoms with E-state index < -0.39 is 4.92 Å². The van der Waals surface area contributed by atoms with Crippen molar-refractivity contribution in [2.24, 2.45) is 0 Å². The van der Waals surface area contributed by atoms with E-state index in [0.717, 1.165) is 16.8 Å². The number of nitro benzene ring substituents is 1. The Hall–Kier alpha value is -2.69. The minimum absolute atomic E-state index is 0.0174. The fraction of sp³-hybridized carbons (Fsp3) is 0.188. The van der Waals surface area contributed by atoms with Crippen molar-refractivity contribution in [2.45, 2.75) is 20.4 Å². The molecule has 1 aliphatic rings. The van der Waals surface area contributed by atoms with Crippen molar-refractivity contribution < 1.29 is 9.72 Å². The number of carbonyl (C=O) groups is 1. The number of nitrogens with zero attached hydrogens (tertiary/aromatic N) is 2. The molecule has 0 bridgehead atoms. The molecule has 2 aromatic carbocycles. The molecule has 0 atom stereocenters. The Labute approximate surface area is 122 Å². The molecule has 0 spiro atoms. The van der Waals surface area contributed by atoms with Gasteiger partial charge in [0, 0.05) is 23.4 Å². The van der Waals surface area contributed by atoms with Crippen LogP contribution in [-0.2, 0) is 6.54 Å². The molecule has 0 N–H and O–H groups in total. The van der Waals surface area contributed by atoms with Crippen LogP contribution in [-0.4, -0.2) is 10.8 Å². The standard InChI is InChI=1S/C16H14N2O3/c1-10-5-11(2)7-14(6-10)17-9-12-8-13(18(20)21)3-4-15(12)16(17)19/h3-8H,9H2,1-2H3. The summed E-state index contributed by atoms with van der Waals surface area (Å²) in [6.07, 6.45) is 0. The SMILES string of the molecule is Cc1cc(C)cc(N2Cc3cc([N+](=O)[O-])ccc3C2=O)c1. The van der Waals surface area contributed by atoms with Crippen molar-refractivity contribution in [3.05, 3.63) is 68.8 Å². The maximum Gasteiger partial charge on any atom is 0.269 e. The van der Waals surface area contributed by atoms with Crippen LogP contribution in [0, 0.1) is 24.0 Å². The normalized spacial score (nSPS) is 13.4. The Morgan fingerprint density at radius 3 is 2.38 bits per heavy atom. The third kappa shape index (κ3) is 2.27. The Balaban J connectivity index is 2.01. The number of hydrogen-bond acceptors (Lipinski definition) is 3. The first-order valence-electron chi connectivity index (χ1n) is 6.63. The molecule has 0 aliphatic carbocycles. The van der Waals surface area contributed by atoms with E-state index in [1.54, 1.807) is 11.0 Å². The fourth-order valence-electron chi connectivity index (χ4n) is 2.74. The fourth-order valence-corrected chi connectivity index (χ4v) is 2.74. The first kappa shape index (κ1) is 13.3. The van der Waals surface area contributed by atoms with E-state index in [9.17, 15) is 14.9 Å². The molecule has 1 amide bonds. The summed E-state index contributed by atoms with van der Waals surface area (Å²) in [4.78, 5) is 24.5. The minimum atomic E-state index is -0.440. The zero-order valence-corrected chi connectivity index (χ0v) is 11.8. The van der Waals surface area contributed by atoms with Crippen LogP contribution in [0.25, 0.3) is 0 Å². The van der Waals surface area contributed by atoms with Gasteiger partial charge in [0.05, 0.1) is 11.5 Å². The van der Waals surface area contributed by atoms with E-state index in [1.807, 2.05) is 32.0 Å². The molecule has 5 nitrogen and oxygen atoms in total. The second-order valence-electron chi connectivity index (χ2n) is 5.34. The molecule has 0 aromatic heterocycles. The Bertz CT molecular complexity index is 748.